The molecule has 0 unspecified atom stereocenters. The molecule has 0 aliphatic rings. The van der Waals surface area contributed by atoms with Gasteiger partial charge in [0.15, 0.2) is 0 Å². The summed E-state index contributed by atoms with van der Waals surface area (Å²) in [5.41, 5.74) is 2.80. The van der Waals surface area contributed by atoms with Crippen molar-refractivity contribution in [2.45, 2.75) is 57.4 Å². The summed E-state index contributed by atoms with van der Waals surface area (Å²) >= 11 is 1.82. The molecule has 0 saturated carbocycles. The molecule has 0 radical (unpaired) electrons. The smallest absolute Gasteiger partial charge is 0.118 e. The molecule has 3 heteroatoms. The van der Waals surface area contributed by atoms with Crippen molar-refractivity contribution in [3.05, 3.63) is 53.0 Å². The quantitative estimate of drug-likeness (QED) is 0.780. The predicted molar refractivity (Wildman–Crippen MR) is 90.8 cm³/mol. The van der Waals surface area contributed by atoms with Crippen LogP contribution < -0.4 is 5.32 Å². The van der Waals surface area contributed by atoms with Crippen LogP contribution in [-0.4, -0.2) is 5.54 Å². The van der Waals surface area contributed by atoms with Crippen molar-refractivity contribution >= 4 is 11.8 Å². The summed E-state index contributed by atoms with van der Waals surface area (Å²) in [7, 11) is 0. The normalized spacial score (nSPS) is 11.9. The summed E-state index contributed by atoms with van der Waals surface area (Å²) in [5, 5.41) is 3.44. The van der Waals surface area contributed by atoms with Gasteiger partial charge in [-0.3, -0.25) is 0 Å². The van der Waals surface area contributed by atoms with Crippen LogP contribution in [0.3, 0.4) is 0 Å². The minimum atomic E-state index is 0.112. The maximum absolute atomic E-state index is 5.87. The van der Waals surface area contributed by atoms with Gasteiger partial charge in [-0.25, -0.2) is 0 Å². The first-order valence-corrected chi connectivity index (χ1v) is 8.35. The zero-order valence-electron chi connectivity index (χ0n) is 13.6. The van der Waals surface area contributed by atoms with Crippen molar-refractivity contribution in [1.29, 1.82) is 0 Å². The minimum Gasteiger partial charge on any atom is -0.464 e. The molecule has 114 valence electrons. The highest BCUT2D eigenvalue weighted by molar-refractivity contribution is 7.98. The molecule has 0 saturated heterocycles. The summed E-state index contributed by atoms with van der Waals surface area (Å²) in [5.74, 6) is 2.91. The first-order chi connectivity index (χ1) is 9.83. The van der Waals surface area contributed by atoms with Gasteiger partial charge in [-0.1, -0.05) is 6.07 Å². The molecule has 2 rings (SSSR count). The van der Waals surface area contributed by atoms with E-state index >= 15 is 0 Å². The second-order valence-corrected chi connectivity index (χ2v) is 7.56. The molecule has 0 amide bonds. The number of thioether (sulfide) groups is 1. The Morgan fingerprint density at radius 3 is 2.38 bits per heavy atom. The molecular formula is C18H25NOS. The highest BCUT2D eigenvalue weighted by Crippen LogP contribution is 2.25. The lowest BCUT2D eigenvalue weighted by Crippen LogP contribution is -2.34. The van der Waals surface area contributed by atoms with Gasteiger partial charge in [0, 0.05) is 10.4 Å². The van der Waals surface area contributed by atoms with Gasteiger partial charge in [-0.2, -0.15) is 0 Å². The Kier molecular flexibility index (Phi) is 5.17. The van der Waals surface area contributed by atoms with Crippen LogP contribution >= 0.6 is 11.8 Å². The van der Waals surface area contributed by atoms with Gasteiger partial charge in [0.2, 0.25) is 0 Å². The van der Waals surface area contributed by atoms with Gasteiger partial charge in [-0.15, -0.1) is 11.8 Å². The monoisotopic (exact) mass is 303 g/mol. The van der Waals surface area contributed by atoms with Crippen molar-refractivity contribution in [2.24, 2.45) is 0 Å². The van der Waals surface area contributed by atoms with E-state index in [1.807, 2.05) is 11.8 Å². The van der Waals surface area contributed by atoms with E-state index in [0.717, 1.165) is 23.8 Å². The third-order valence-corrected chi connectivity index (χ3v) is 4.39. The van der Waals surface area contributed by atoms with Crippen LogP contribution in [0.4, 0.5) is 0 Å². The van der Waals surface area contributed by atoms with E-state index in [4.69, 9.17) is 4.42 Å². The van der Waals surface area contributed by atoms with Crippen LogP contribution in [0.2, 0.25) is 0 Å². The molecule has 1 N–H and O–H groups in total. The van der Waals surface area contributed by atoms with E-state index in [-0.39, 0.29) is 5.54 Å². The van der Waals surface area contributed by atoms with E-state index in [0.29, 0.717) is 0 Å². The summed E-state index contributed by atoms with van der Waals surface area (Å²) in [6.07, 6.45) is 0. The van der Waals surface area contributed by atoms with E-state index in [2.05, 4.69) is 70.3 Å². The number of nitrogens with one attached hydrogen (secondary N) is 1. The SMILES string of the molecule is Cc1ccc(SCc2ccc(CNC(C)(C)C)o2)cc1C. The molecular weight excluding hydrogens is 278 g/mol. The van der Waals surface area contributed by atoms with Crippen molar-refractivity contribution in [3.8, 4) is 0 Å². The fourth-order valence-electron chi connectivity index (χ4n) is 1.91. The number of benzene rings is 1. The van der Waals surface area contributed by atoms with Gasteiger partial charge in [0.05, 0.1) is 12.3 Å². The molecule has 21 heavy (non-hydrogen) atoms. The van der Waals surface area contributed by atoms with E-state index < -0.39 is 0 Å². The Morgan fingerprint density at radius 1 is 1.00 bits per heavy atom. The third kappa shape index (κ3) is 5.25. The Hall–Kier alpha value is -1.19. The minimum absolute atomic E-state index is 0.112. The largest absolute Gasteiger partial charge is 0.464 e. The lowest BCUT2D eigenvalue weighted by Gasteiger charge is -2.19. The van der Waals surface area contributed by atoms with Gasteiger partial charge >= 0.3 is 0 Å². The molecule has 2 nitrogen and oxygen atoms in total. The maximum Gasteiger partial charge on any atom is 0.118 e. The fraction of sp³-hybridized carbons (Fsp3) is 0.444. The van der Waals surface area contributed by atoms with Gasteiger partial charge in [-0.05, 0) is 70.0 Å². The summed E-state index contributed by atoms with van der Waals surface area (Å²) in [6.45, 7) is 11.6. The highest BCUT2D eigenvalue weighted by Gasteiger charge is 2.10. The third-order valence-electron chi connectivity index (χ3n) is 3.37. The number of hydrogen-bond acceptors (Lipinski definition) is 3. The van der Waals surface area contributed by atoms with Crippen LogP contribution in [0.5, 0.6) is 0 Å². The molecule has 0 aliphatic heterocycles. The van der Waals surface area contributed by atoms with Crippen LogP contribution in [0.1, 0.15) is 43.4 Å². The van der Waals surface area contributed by atoms with Crippen molar-refractivity contribution in [2.75, 3.05) is 0 Å². The van der Waals surface area contributed by atoms with Crippen molar-refractivity contribution < 1.29 is 4.42 Å². The average molecular weight is 303 g/mol. The molecule has 0 spiro atoms. The van der Waals surface area contributed by atoms with E-state index in [1.165, 1.54) is 16.0 Å². The Balaban J connectivity index is 1.89. The molecule has 0 atom stereocenters. The lowest BCUT2D eigenvalue weighted by molar-refractivity contribution is 0.382. The maximum atomic E-state index is 5.87. The molecule has 1 aromatic carbocycles. The van der Waals surface area contributed by atoms with Crippen molar-refractivity contribution in [3.63, 3.8) is 0 Å². The molecule has 0 bridgehead atoms. The Bertz CT molecular complexity index is 596. The average Bonchev–Trinajstić information content (AvgIpc) is 2.85. The van der Waals surface area contributed by atoms with Crippen LogP contribution in [0.25, 0.3) is 0 Å². The van der Waals surface area contributed by atoms with E-state index in [1.54, 1.807) is 0 Å². The lowest BCUT2D eigenvalue weighted by atomic mass is 10.1. The molecule has 2 aromatic rings. The topological polar surface area (TPSA) is 25.2 Å². The van der Waals surface area contributed by atoms with Crippen LogP contribution in [0.15, 0.2) is 39.6 Å². The van der Waals surface area contributed by atoms with Crippen molar-refractivity contribution in [1.82, 2.24) is 5.32 Å². The zero-order valence-corrected chi connectivity index (χ0v) is 14.4. The summed E-state index contributed by atoms with van der Waals surface area (Å²) in [4.78, 5) is 1.30. The molecule has 1 aromatic heterocycles. The molecule has 0 aliphatic carbocycles. The standard InChI is InChI=1S/C18H25NOS/c1-13-6-9-17(10-14(13)2)21-12-16-8-7-15(20-16)11-19-18(3,4)5/h6-10,19H,11-12H2,1-5H3. The molecule has 1 heterocycles. The number of hydrogen-bond donors (Lipinski definition) is 1. The first-order valence-electron chi connectivity index (χ1n) is 7.36. The summed E-state index contributed by atoms with van der Waals surface area (Å²) in [6, 6.07) is 10.7. The Labute approximate surface area is 132 Å². The second kappa shape index (κ2) is 6.71. The van der Waals surface area contributed by atoms with E-state index in [9.17, 15) is 0 Å². The first kappa shape index (κ1) is 16.2. The van der Waals surface area contributed by atoms with Gasteiger partial charge < -0.3 is 9.73 Å². The Morgan fingerprint density at radius 2 is 1.71 bits per heavy atom. The number of aryl methyl sites for hydroxylation is 2. The van der Waals surface area contributed by atoms with Gasteiger partial charge in [0.25, 0.3) is 0 Å². The molecule has 0 fully saturated rings. The number of furan rings is 1. The fourth-order valence-corrected chi connectivity index (χ4v) is 2.79. The number of rotatable bonds is 5. The highest BCUT2D eigenvalue weighted by atomic mass is 32.2. The van der Waals surface area contributed by atoms with Crippen LogP contribution in [0, 0.1) is 13.8 Å². The second-order valence-electron chi connectivity index (χ2n) is 6.51. The van der Waals surface area contributed by atoms with Gasteiger partial charge in [0.1, 0.15) is 11.5 Å². The zero-order chi connectivity index (χ0) is 15.5. The summed E-state index contributed by atoms with van der Waals surface area (Å²) < 4.78 is 5.87. The predicted octanol–water partition coefficient (Wildman–Crippen LogP) is 5.08. The van der Waals surface area contributed by atoms with Crippen LogP contribution in [-0.2, 0) is 12.3 Å².